The number of aromatic nitrogens is 4. The molecule has 0 N–H and O–H groups in total. The van der Waals surface area contributed by atoms with Crippen LogP contribution in [0.3, 0.4) is 0 Å². The molecule has 0 amide bonds. The van der Waals surface area contributed by atoms with E-state index in [1.165, 1.54) is 10.8 Å². The summed E-state index contributed by atoms with van der Waals surface area (Å²) >= 11 is 0. The van der Waals surface area contributed by atoms with Crippen LogP contribution in [0.15, 0.2) is 163 Å². The van der Waals surface area contributed by atoms with Crippen molar-refractivity contribution in [3.63, 3.8) is 0 Å². The molecule has 0 radical (unpaired) electrons. The quantitative estimate of drug-likeness (QED) is 0.167. The molecule has 3 heterocycles. The van der Waals surface area contributed by atoms with Crippen molar-refractivity contribution in [1.29, 1.82) is 0 Å². The van der Waals surface area contributed by atoms with E-state index < -0.39 is 0 Å². The zero-order valence-corrected chi connectivity index (χ0v) is 28.3. The van der Waals surface area contributed by atoms with E-state index >= 15 is 0 Å². The molecule has 0 unspecified atom stereocenters. The van der Waals surface area contributed by atoms with Crippen LogP contribution in [0.5, 0.6) is 0 Å². The Morgan fingerprint density at radius 3 is 1.73 bits per heavy atom. The van der Waals surface area contributed by atoms with Crippen LogP contribution in [0.25, 0.3) is 77.9 Å². The van der Waals surface area contributed by atoms with E-state index in [4.69, 9.17) is 24.9 Å². The first kappa shape index (κ1) is 30.5. The second-order valence-electron chi connectivity index (χ2n) is 12.9. The maximum atomic E-state index is 5.26. The van der Waals surface area contributed by atoms with Gasteiger partial charge in [0, 0.05) is 44.8 Å². The van der Waals surface area contributed by atoms with Gasteiger partial charge in [0.25, 0.3) is 0 Å². The van der Waals surface area contributed by atoms with E-state index in [1.807, 2.05) is 25.1 Å². The lowest BCUT2D eigenvalue weighted by Crippen LogP contribution is -2.04. The Hall–Kier alpha value is -6.59. The van der Waals surface area contributed by atoms with Gasteiger partial charge in [-0.2, -0.15) is 0 Å². The fourth-order valence-electron chi connectivity index (χ4n) is 7.01. The van der Waals surface area contributed by atoms with Crippen LogP contribution in [-0.4, -0.2) is 25.6 Å². The predicted molar refractivity (Wildman–Crippen MR) is 211 cm³/mol. The Kier molecular flexibility index (Phi) is 7.59. The molecule has 9 rings (SSSR count). The summed E-state index contributed by atoms with van der Waals surface area (Å²) in [6.07, 6.45) is 8.22. The standard InChI is InChI=1S/C46H33N5/c1-3-4-5-20-39-29(2)41-42(48-40-21-11-10-19-38(40)43(41)47-39)34-17-12-18-35(28-34)44-49-45(36-24-22-30-13-6-8-15-32(30)26-36)51-46(50-44)37-25-23-31-14-7-9-16-33(31)27-37/h3-29H,1-2H3/b4-3-,20-5-/t29-/m1/s1. The summed E-state index contributed by atoms with van der Waals surface area (Å²) in [6, 6.07) is 46.1. The van der Waals surface area contributed by atoms with Crippen molar-refractivity contribution in [1.82, 2.24) is 19.9 Å². The number of allylic oxidation sites excluding steroid dienone is 4. The molecule has 0 aliphatic carbocycles. The van der Waals surface area contributed by atoms with Gasteiger partial charge in [-0.15, -0.1) is 0 Å². The molecular weight excluding hydrogens is 623 g/mol. The highest BCUT2D eigenvalue weighted by Gasteiger charge is 2.28. The van der Waals surface area contributed by atoms with Gasteiger partial charge in [-0.05, 0) is 58.8 Å². The molecule has 0 saturated heterocycles. The van der Waals surface area contributed by atoms with Gasteiger partial charge in [0.15, 0.2) is 17.5 Å². The molecule has 0 saturated carbocycles. The first-order valence-electron chi connectivity index (χ1n) is 17.3. The van der Waals surface area contributed by atoms with E-state index in [0.29, 0.717) is 17.5 Å². The number of rotatable bonds is 6. The van der Waals surface area contributed by atoms with Gasteiger partial charge in [0.1, 0.15) is 0 Å². The average molecular weight is 656 g/mol. The minimum absolute atomic E-state index is 0.0773. The zero-order valence-electron chi connectivity index (χ0n) is 28.3. The summed E-state index contributed by atoms with van der Waals surface area (Å²) in [4.78, 5) is 25.7. The normalized spacial score (nSPS) is 14.2. The number of para-hydroxylation sites is 1. The summed E-state index contributed by atoms with van der Waals surface area (Å²) in [7, 11) is 0. The van der Waals surface area contributed by atoms with Crippen LogP contribution in [0.4, 0.5) is 5.69 Å². The molecule has 6 aromatic carbocycles. The molecule has 1 aliphatic heterocycles. The molecule has 0 spiro atoms. The number of nitrogens with zero attached hydrogens (tertiary/aromatic N) is 5. The van der Waals surface area contributed by atoms with E-state index in [2.05, 4.69) is 146 Å². The van der Waals surface area contributed by atoms with Crippen LogP contribution in [0.1, 0.15) is 25.3 Å². The highest BCUT2D eigenvalue weighted by molar-refractivity contribution is 6.11. The molecule has 242 valence electrons. The second kappa shape index (κ2) is 12.7. The van der Waals surface area contributed by atoms with Gasteiger partial charge in [0.2, 0.25) is 0 Å². The van der Waals surface area contributed by atoms with Gasteiger partial charge in [-0.3, -0.25) is 4.99 Å². The lowest BCUT2D eigenvalue weighted by molar-refractivity contribution is 1.05. The lowest BCUT2D eigenvalue weighted by Gasteiger charge is -2.15. The molecule has 1 aliphatic rings. The minimum atomic E-state index is 0.0773. The fraction of sp³-hybridized carbons (Fsp3) is 0.0652. The third kappa shape index (κ3) is 5.59. The van der Waals surface area contributed by atoms with Gasteiger partial charge < -0.3 is 0 Å². The smallest absolute Gasteiger partial charge is 0.164 e. The Morgan fingerprint density at radius 2 is 1.08 bits per heavy atom. The third-order valence-electron chi connectivity index (χ3n) is 9.63. The topological polar surface area (TPSA) is 63.9 Å². The first-order valence-corrected chi connectivity index (χ1v) is 17.3. The average Bonchev–Trinajstić information content (AvgIpc) is 3.52. The van der Waals surface area contributed by atoms with Crippen molar-refractivity contribution in [2.24, 2.45) is 4.99 Å². The monoisotopic (exact) mass is 655 g/mol. The van der Waals surface area contributed by atoms with Crippen molar-refractivity contribution in [3.05, 3.63) is 163 Å². The van der Waals surface area contributed by atoms with Crippen LogP contribution in [0.2, 0.25) is 0 Å². The Morgan fingerprint density at radius 1 is 0.510 bits per heavy atom. The summed E-state index contributed by atoms with van der Waals surface area (Å²) in [5.41, 5.74) is 8.76. The number of hydrogen-bond donors (Lipinski definition) is 0. The Balaban J connectivity index is 1.21. The Bertz CT molecular complexity index is 2640. The van der Waals surface area contributed by atoms with Crippen molar-refractivity contribution < 1.29 is 0 Å². The number of aliphatic imine (C=N–C) groups is 1. The van der Waals surface area contributed by atoms with Crippen LogP contribution >= 0.6 is 0 Å². The van der Waals surface area contributed by atoms with Crippen LogP contribution < -0.4 is 0 Å². The molecule has 1 atom stereocenters. The Labute approximate surface area is 296 Å². The SMILES string of the molecule is C/C=C\C=C/C1=Nc2c(c(-c3cccc(-c4nc(-c5ccc6ccccc6c5)nc(-c5ccc6ccccc6c5)n4)c3)nc3ccccc23)[C@@H]1C. The molecule has 5 heteroatoms. The molecule has 0 fully saturated rings. The van der Waals surface area contributed by atoms with Crippen molar-refractivity contribution >= 4 is 43.8 Å². The number of hydrogen-bond acceptors (Lipinski definition) is 5. The zero-order chi connectivity index (χ0) is 34.3. The summed E-state index contributed by atoms with van der Waals surface area (Å²) in [5.74, 6) is 1.94. The molecule has 2 aromatic heterocycles. The maximum absolute atomic E-state index is 5.26. The number of benzene rings is 6. The van der Waals surface area contributed by atoms with Crippen molar-refractivity contribution in [2.45, 2.75) is 19.8 Å². The molecular formula is C46H33N5. The molecule has 51 heavy (non-hydrogen) atoms. The van der Waals surface area contributed by atoms with E-state index in [1.54, 1.807) is 0 Å². The van der Waals surface area contributed by atoms with Crippen molar-refractivity contribution in [3.8, 4) is 45.4 Å². The molecule has 0 bridgehead atoms. The predicted octanol–water partition coefficient (Wildman–Crippen LogP) is 11.7. The van der Waals surface area contributed by atoms with E-state index in [9.17, 15) is 0 Å². The summed E-state index contributed by atoms with van der Waals surface area (Å²) < 4.78 is 0. The molecule has 5 nitrogen and oxygen atoms in total. The number of fused-ring (bicyclic) bond motifs is 5. The van der Waals surface area contributed by atoms with Gasteiger partial charge in [0.05, 0.1) is 16.9 Å². The van der Waals surface area contributed by atoms with Gasteiger partial charge >= 0.3 is 0 Å². The summed E-state index contributed by atoms with van der Waals surface area (Å²) in [6.45, 7) is 4.23. The third-order valence-corrected chi connectivity index (χ3v) is 9.63. The summed E-state index contributed by atoms with van der Waals surface area (Å²) in [5, 5.41) is 5.68. The largest absolute Gasteiger partial charge is 0.252 e. The lowest BCUT2D eigenvalue weighted by atomic mass is 9.91. The van der Waals surface area contributed by atoms with Crippen LogP contribution in [0, 0.1) is 0 Å². The van der Waals surface area contributed by atoms with E-state index in [-0.39, 0.29) is 5.92 Å². The second-order valence-corrected chi connectivity index (χ2v) is 12.9. The maximum Gasteiger partial charge on any atom is 0.164 e. The highest BCUT2D eigenvalue weighted by Crippen LogP contribution is 2.46. The van der Waals surface area contributed by atoms with Gasteiger partial charge in [-0.1, -0.05) is 134 Å². The van der Waals surface area contributed by atoms with E-state index in [0.717, 1.165) is 66.6 Å². The number of pyridine rings is 1. The molecule has 8 aromatic rings. The van der Waals surface area contributed by atoms with Gasteiger partial charge in [-0.25, -0.2) is 19.9 Å². The highest BCUT2D eigenvalue weighted by atomic mass is 15.0. The van der Waals surface area contributed by atoms with Crippen LogP contribution in [-0.2, 0) is 0 Å². The minimum Gasteiger partial charge on any atom is -0.252 e. The fourth-order valence-corrected chi connectivity index (χ4v) is 7.01. The first-order chi connectivity index (χ1) is 25.1. The van der Waals surface area contributed by atoms with Crippen molar-refractivity contribution in [2.75, 3.05) is 0 Å².